The van der Waals surface area contributed by atoms with Crippen molar-refractivity contribution in [1.82, 2.24) is 9.97 Å². The first-order valence-electron chi connectivity index (χ1n) is 6.17. The van der Waals surface area contributed by atoms with Gasteiger partial charge in [-0.2, -0.15) is 0 Å². The number of halogens is 1. The molecule has 5 heteroatoms. The van der Waals surface area contributed by atoms with Crippen LogP contribution in [0.15, 0.2) is 42.7 Å². The van der Waals surface area contributed by atoms with Gasteiger partial charge in [-0.25, -0.2) is 14.4 Å². The molecule has 100 valence electrons. The smallest absolute Gasteiger partial charge is 0.141 e. The van der Waals surface area contributed by atoms with Crippen molar-refractivity contribution in [3.8, 4) is 0 Å². The zero-order valence-electron chi connectivity index (χ0n) is 10.9. The Balaban J connectivity index is 2.05. The Kier molecular flexibility index (Phi) is 2.95. The molecule has 0 aliphatic heterocycles. The van der Waals surface area contributed by atoms with Gasteiger partial charge in [-0.05, 0) is 42.8 Å². The fraction of sp³-hybridized carbons (Fsp3) is 0.0667. The highest BCUT2D eigenvalue weighted by Gasteiger charge is 2.06. The molecule has 2 aromatic carbocycles. The first-order valence-corrected chi connectivity index (χ1v) is 6.17. The van der Waals surface area contributed by atoms with Gasteiger partial charge >= 0.3 is 0 Å². The van der Waals surface area contributed by atoms with E-state index in [2.05, 4.69) is 15.3 Å². The standard InChI is InChI=1S/C15H13FN4/c1-9-2-4-11(7-13(9)16)20-15-12-6-10(17)3-5-14(12)18-8-19-15/h2-8H,17H2,1H3,(H,18,19,20). The highest BCUT2D eigenvalue weighted by molar-refractivity contribution is 5.92. The number of nitrogens with one attached hydrogen (secondary N) is 1. The number of anilines is 3. The van der Waals surface area contributed by atoms with E-state index in [-0.39, 0.29) is 5.82 Å². The quantitative estimate of drug-likeness (QED) is 0.699. The minimum Gasteiger partial charge on any atom is -0.399 e. The molecule has 1 heterocycles. The van der Waals surface area contributed by atoms with Crippen LogP contribution < -0.4 is 11.1 Å². The van der Waals surface area contributed by atoms with Crippen LogP contribution in [-0.4, -0.2) is 9.97 Å². The van der Waals surface area contributed by atoms with E-state index in [4.69, 9.17) is 5.73 Å². The summed E-state index contributed by atoms with van der Waals surface area (Å²) >= 11 is 0. The lowest BCUT2D eigenvalue weighted by Crippen LogP contribution is -1.97. The number of aryl methyl sites for hydroxylation is 1. The van der Waals surface area contributed by atoms with Crippen LogP contribution in [0, 0.1) is 12.7 Å². The fourth-order valence-electron chi connectivity index (χ4n) is 1.98. The lowest BCUT2D eigenvalue weighted by Gasteiger charge is -2.09. The molecule has 0 fully saturated rings. The van der Waals surface area contributed by atoms with Crippen molar-refractivity contribution in [2.24, 2.45) is 0 Å². The molecule has 0 atom stereocenters. The molecular weight excluding hydrogens is 255 g/mol. The third kappa shape index (κ3) is 2.25. The van der Waals surface area contributed by atoms with Crippen LogP contribution in [0.2, 0.25) is 0 Å². The highest BCUT2D eigenvalue weighted by Crippen LogP contribution is 2.25. The lowest BCUT2D eigenvalue weighted by atomic mass is 10.2. The number of rotatable bonds is 2. The highest BCUT2D eigenvalue weighted by atomic mass is 19.1. The van der Waals surface area contributed by atoms with E-state index in [1.807, 2.05) is 6.07 Å². The number of nitrogen functional groups attached to an aromatic ring is 1. The number of hydrogen-bond acceptors (Lipinski definition) is 4. The molecule has 3 rings (SSSR count). The van der Waals surface area contributed by atoms with E-state index in [1.165, 1.54) is 12.4 Å². The normalized spacial score (nSPS) is 10.7. The van der Waals surface area contributed by atoms with E-state index < -0.39 is 0 Å². The van der Waals surface area contributed by atoms with E-state index in [0.717, 1.165) is 10.9 Å². The molecule has 0 spiro atoms. The number of nitrogens with two attached hydrogens (primary N) is 1. The summed E-state index contributed by atoms with van der Waals surface area (Å²) in [6, 6.07) is 10.4. The van der Waals surface area contributed by atoms with Crippen LogP contribution in [0.5, 0.6) is 0 Å². The molecule has 3 aromatic rings. The average molecular weight is 268 g/mol. The molecule has 0 saturated heterocycles. The molecule has 0 saturated carbocycles. The van der Waals surface area contributed by atoms with Gasteiger partial charge < -0.3 is 11.1 Å². The summed E-state index contributed by atoms with van der Waals surface area (Å²) in [5, 5.41) is 3.90. The summed E-state index contributed by atoms with van der Waals surface area (Å²) in [5.41, 5.74) is 8.44. The monoisotopic (exact) mass is 268 g/mol. The Labute approximate surface area is 115 Å². The second-order valence-electron chi connectivity index (χ2n) is 4.59. The summed E-state index contributed by atoms with van der Waals surface area (Å²) in [5.74, 6) is 0.346. The zero-order chi connectivity index (χ0) is 14.1. The third-order valence-electron chi connectivity index (χ3n) is 3.09. The van der Waals surface area contributed by atoms with Gasteiger partial charge in [0.1, 0.15) is 18.0 Å². The molecule has 4 nitrogen and oxygen atoms in total. The Morgan fingerprint density at radius 1 is 1.10 bits per heavy atom. The van der Waals surface area contributed by atoms with E-state index in [1.54, 1.807) is 31.2 Å². The van der Waals surface area contributed by atoms with Crippen molar-refractivity contribution in [2.45, 2.75) is 6.92 Å². The molecule has 0 radical (unpaired) electrons. The van der Waals surface area contributed by atoms with Gasteiger partial charge in [-0.1, -0.05) is 6.07 Å². The van der Waals surface area contributed by atoms with E-state index >= 15 is 0 Å². The first-order chi connectivity index (χ1) is 9.63. The molecule has 0 aliphatic carbocycles. The second-order valence-corrected chi connectivity index (χ2v) is 4.59. The molecule has 0 bridgehead atoms. The van der Waals surface area contributed by atoms with Crippen molar-refractivity contribution < 1.29 is 4.39 Å². The molecule has 1 aromatic heterocycles. The maximum Gasteiger partial charge on any atom is 0.141 e. The Morgan fingerprint density at radius 3 is 2.75 bits per heavy atom. The van der Waals surface area contributed by atoms with Gasteiger partial charge in [-0.3, -0.25) is 0 Å². The van der Waals surface area contributed by atoms with Crippen molar-refractivity contribution in [1.29, 1.82) is 0 Å². The SMILES string of the molecule is Cc1ccc(Nc2ncnc3ccc(N)cc23)cc1F. The van der Waals surface area contributed by atoms with Gasteiger partial charge in [0.25, 0.3) is 0 Å². The maximum absolute atomic E-state index is 13.6. The summed E-state index contributed by atoms with van der Waals surface area (Å²) in [6.07, 6.45) is 1.46. The molecule has 20 heavy (non-hydrogen) atoms. The predicted molar refractivity (Wildman–Crippen MR) is 78.4 cm³/mol. The zero-order valence-corrected chi connectivity index (χ0v) is 10.9. The number of aromatic nitrogens is 2. The van der Waals surface area contributed by atoms with Gasteiger partial charge in [-0.15, -0.1) is 0 Å². The largest absolute Gasteiger partial charge is 0.399 e. The molecule has 0 aliphatic rings. The van der Waals surface area contributed by atoms with Crippen LogP contribution in [0.3, 0.4) is 0 Å². The second kappa shape index (κ2) is 4.77. The van der Waals surface area contributed by atoms with Gasteiger partial charge in [0.15, 0.2) is 0 Å². The van der Waals surface area contributed by atoms with E-state index in [9.17, 15) is 4.39 Å². The molecule has 3 N–H and O–H groups in total. The van der Waals surface area contributed by atoms with Gasteiger partial charge in [0, 0.05) is 16.8 Å². The summed E-state index contributed by atoms with van der Waals surface area (Å²) in [7, 11) is 0. The Hall–Kier alpha value is -2.69. The lowest BCUT2D eigenvalue weighted by molar-refractivity contribution is 0.619. The Bertz CT molecular complexity index is 786. The Morgan fingerprint density at radius 2 is 1.95 bits per heavy atom. The van der Waals surface area contributed by atoms with Crippen LogP contribution in [0.1, 0.15) is 5.56 Å². The first kappa shape index (κ1) is 12.3. The number of fused-ring (bicyclic) bond motifs is 1. The van der Waals surface area contributed by atoms with Crippen molar-refractivity contribution in [3.63, 3.8) is 0 Å². The number of hydrogen-bond donors (Lipinski definition) is 2. The van der Waals surface area contributed by atoms with Crippen LogP contribution in [0.4, 0.5) is 21.6 Å². The van der Waals surface area contributed by atoms with Crippen LogP contribution in [0.25, 0.3) is 10.9 Å². The predicted octanol–water partition coefficient (Wildman–Crippen LogP) is 3.40. The molecule has 0 amide bonds. The maximum atomic E-state index is 13.6. The average Bonchev–Trinajstić information content (AvgIpc) is 2.44. The van der Waals surface area contributed by atoms with Crippen molar-refractivity contribution in [2.75, 3.05) is 11.1 Å². The fourth-order valence-corrected chi connectivity index (χ4v) is 1.98. The number of benzene rings is 2. The summed E-state index contributed by atoms with van der Waals surface area (Å²) in [6.45, 7) is 1.72. The van der Waals surface area contributed by atoms with Gasteiger partial charge in [0.2, 0.25) is 0 Å². The third-order valence-corrected chi connectivity index (χ3v) is 3.09. The summed E-state index contributed by atoms with van der Waals surface area (Å²) < 4.78 is 13.6. The summed E-state index contributed by atoms with van der Waals surface area (Å²) in [4.78, 5) is 8.37. The van der Waals surface area contributed by atoms with E-state index in [0.29, 0.717) is 22.8 Å². The minimum atomic E-state index is -0.257. The van der Waals surface area contributed by atoms with Crippen molar-refractivity contribution in [3.05, 3.63) is 54.1 Å². The topological polar surface area (TPSA) is 63.8 Å². The minimum absolute atomic E-state index is 0.257. The molecular formula is C15H13FN4. The van der Waals surface area contributed by atoms with Crippen LogP contribution in [-0.2, 0) is 0 Å². The van der Waals surface area contributed by atoms with Crippen LogP contribution >= 0.6 is 0 Å². The van der Waals surface area contributed by atoms with Crippen molar-refractivity contribution >= 4 is 28.1 Å². The molecule has 0 unspecified atom stereocenters. The van der Waals surface area contributed by atoms with Gasteiger partial charge in [0.05, 0.1) is 5.52 Å². The number of nitrogens with zero attached hydrogens (tertiary/aromatic N) is 2.